The van der Waals surface area contributed by atoms with Crippen LogP contribution in [0.1, 0.15) is 15.9 Å². The number of aromatic nitrogens is 2. The number of carbonyl (C=O) groups excluding carboxylic acids is 1. The summed E-state index contributed by atoms with van der Waals surface area (Å²) in [5, 5.41) is 7.40. The van der Waals surface area contributed by atoms with Crippen LogP contribution in [0.3, 0.4) is 0 Å². The lowest BCUT2D eigenvalue weighted by molar-refractivity contribution is 0.0949. The van der Waals surface area contributed by atoms with E-state index >= 15 is 0 Å². The summed E-state index contributed by atoms with van der Waals surface area (Å²) in [4.78, 5) is 26.5. The molecule has 1 amide bonds. The molecule has 0 aliphatic carbocycles. The van der Waals surface area contributed by atoms with Gasteiger partial charge in [0.15, 0.2) is 11.5 Å². The highest BCUT2D eigenvalue weighted by Crippen LogP contribution is 2.33. The van der Waals surface area contributed by atoms with E-state index in [1.807, 2.05) is 72.8 Å². The van der Waals surface area contributed by atoms with Crippen molar-refractivity contribution in [3.05, 3.63) is 100 Å². The third-order valence-electron chi connectivity index (χ3n) is 5.47. The first-order valence-corrected chi connectivity index (χ1v) is 10.5. The Labute approximate surface area is 190 Å². The smallest absolute Gasteiger partial charge is 0.280 e. The van der Waals surface area contributed by atoms with Crippen LogP contribution in [0, 0.1) is 0 Å². The van der Waals surface area contributed by atoms with Crippen LogP contribution in [0.2, 0.25) is 0 Å². The maximum absolute atomic E-state index is 13.4. The summed E-state index contributed by atoms with van der Waals surface area (Å²) in [5.41, 5.74) is 3.06. The Hall–Kier alpha value is -4.39. The number of aryl methyl sites for hydroxylation is 1. The van der Waals surface area contributed by atoms with Gasteiger partial charge >= 0.3 is 0 Å². The van der Waals surface area contributed by atoms with E-state index in [2.05, 4.69) is 10.4 Å². The number of nitrogens with one attached hydrogen (secondary N) is 1. The molecule has 7 heteroatoms. The maximum atomic E-state index is 13.4. The maximum Gasteiger partial charge on any atom is 0.280 e. The van der Waals surface area contributed by atoms with Crippen molar-refractivity contribution in [2.75, 3.05) is 6.79 Å². The SMILES string of the molecule is Cn1nc(-c2ccccc2)c(-c2ccccc2)c(C(=O)NCc2ccc3c(c2)OCO3)c1=O. The summed E-state index contributed by atoms with van der Waals surface area (Å²) in [6.45, 7) is 0.413. The zero-order valence-corrected chi connectivity index (χ0v) is 17.9. The molecule has 5 rings (SSSR count). The Morgan fingerprint density at radius 3 is 2.33 bits per heavy atom. The predicted octanol–water partition coefficient (Wildman–Crippen LogP) is 3.77. The number of amides is 1. The molecule has 0 atom stereocenters. The number of rotatable bonds is 5. The van der Waals surface area contributed by atoms with Crippen LogP contribution in [-0.2, 0) is 13.6 Å². The first kappa shape index (κ1) is 20.5. The van der Waals surface area contributed by atoms with Gasteiger partial charge in [-0.05, 0) is 23.3 Å². The van der Waals surface area contributed by atoms with E-state index in [1.54, 1.807) is 13.1 Å². The van der Waals surface area contributed by atoms with Crippen LogP contribution >= 0.6 is 0 Å². The van der Waals surface area contributed by atoms with E-state index in [0.29, 0.717) is 22.8 Å². The second-order valence-corrected chi connectivity index (χ2v) is 7.63. The van der Waals surface area contributed by atoms with Gasteiger partial charge in [-0.2, -0.15) is 5.10 Å². The van der Waals surface area contributed by atoms with E-state index in [0.717, 1.165) is 16.7 Å². The number of ether oxygens (including phenoxy) is 2. The molecule has 0 saturated carbocycles. The topological polar surface area (TPSA) is 82.5 Å². The molecule has 3 aromatic carbocycles. The molecule has 0 bridgehead atoms. The minimum absolute atomic E-state index is 0.0540. The zero-order valence-electron chi connectivity index (χ0n) is 17.9. The molecule has 2 heterocycles. The van der Waals surface area contributed by atoms with Gasteiger partial charge in [-0.25, -0.2) is 4.68 Å². The average Bonchev–Trinajstić information content (AvgIpc) is 3.33. The minimum atomic E-state index is -0.466. The van der Waals surface area contributed by atoms with Crippen LogP contribution in [0.25, 0.3) is 22.4 Å². The molecule has 1 aliphatic rings. The highest BCUT2D eigenvalue weighted by atomic mass is 16.7. The van der Waals surface area contributed by atoms with Crippen LogP contribution in [0.5, 0.6) is 11.5 Å². The van der Waals surface area contributed by atoms with E-state index in [1.165, 1.54) is 4.68 Å². The van der Waals surface area contributed by atoms with Crippen molar-refractivity contribution in [1.29, 1.82) is 0 Å². The van der Waals surface area contributed by atoms with Gasteiger partial charge in [0.2, 0.25) is 6.79 Å². The van der Waals surface area contributed by atoms with Crippen molar-refractivity contribution in [3.63, 3.8) is 0 Å². The van der Waals surface area contributed by atoms with Gasteiger partial charge in [0.05, 0.1) is 5.69 Å². The van der Waals surface area contributed by atoms with Crippen LogP contribution in [-0.4, -0.2) is 22.5 Å². The highest BCUT2D eigenvalue weighted by Gasteiger charge is 2.24. The Morgan fingerprint density at radius 1 is 0.939 bits per heavy atom. The molecule has 0 saturated heterocycles. The molecular weight excluding hydrogens is 418 g/mol. The first-order chi connectivity index (χ1) is 16.1. The molecule has 0 fully saturated rings. The molecule has 0 unspecified atom stereocenters. The summed E-state index contributed by atoms with van der Waals surface area (Å²) in [6.07, 6.45) is 0. The Morgan fingerprint density at radius 2 is 1.61 bits per heavy atom. The van der Waals surface area contributed by atoms with Crippen molar-refractivity contribution in [3.8, 4) is 33.9 Å². The fourth-order valence-electron chi connectivity index (χ4n) is 3.85. The minimum Gasteiger partial charge on any atom is -0.454 e. The zero-order chi connectivity index (χ0) is 22.8. The van der Waals surface area contributed by atoms with E-state index in [4.69, 9.17) is 9.47 Å². The normalized spacial score (nSPS) is 11.9. The summed E-state index contributed by atoms with van der Waals surface area (Å²) in [6, 6.07) is 24.4. The molecule has 164 valence electrons. The van der Waals surface area contributed by atoms with Crippen LogP contribution in [0.15, 0.2) is 83.7 Å². The lowest BCUT2D eigenvalue weighted by Crippen LogP contribution is -2.34. The molecule has 1 aliphatic heterocycles. The van der Waals surface area contributed by atoms with Gasteiger partial charge < -0.3 is 14.8 Å². The van der Waals surface area contributed by atoms with E-state index in [-0.39, 0.29) is 18.9 Å². The van der Waals surface area contributed by atoms with Crippen molar-refractivity contribution in [2.45, 2.75) is 6.54 Å². The second kappa shape index (κ2) is 8.63. The van der Waals surface area contributed by atoms with Crippen molar-refractivity contribution >= 4 is 5.91 Å². The summed E-state index contributed by atoms with van der Waals surface area (Å²) < 4.78 is 12.0. The standard InChI is InChI=1S/C26H21N3O4/c1-29-26(31)23(25(30)27-15-17-12-13-20-21(14-17)33-16-32-20)22(18-8-4-2-5-9-18)24(28-29)19-10-6-3-7-11-19/h2-14H,15-16H2,1H3,(H,27,30). The van der Waals surface area contributed by atoms with Gasteiger partial charge in [0, 0.05) is 24.7 Å². The quantitative estimate of drug-likeness (QED) is 0.512. The largest absolute Gasteiger partial charge is 0.454 e. The van der Waals surface area contributed by atoms with E-state index in [9.17, 15) is 9.59 Å². The monoisotopic (exact) mass is 439 g/mol. The molecule has 4 aromatic rings. The van der Waals surface area contributed by atoms with Crippen molar-refractivity contribution in [2.24, 2.45) is 7.05 Å². The number of hydrogen-bond acceptors (Lipinski definition) is 5. The summed E-state index contributed by atoms with van der Waals surface area (Å²) >= 11 is 0. The predicted molar refractivity (Wildman–Crippen MR) is 124 cm³/mol. The Bertz CT molecular complexity index is 1380. The van der Waals surface area contributed by atoms with Gasteiger partial charge in [0.25, 0.3) is 11.5 Å². The fraction of sp³-hybridized carbons (Fsp3) is 0.115. The van der Waals surface area contributed by atoms with Crippen molar-refractivity contribution < 1.29 is 14.3 Å². The van der Waals surface area contributed by atoms with Gasteiger partial charge in [-0.15, -0.1) is 0 Å². The lowest BCUT2D eigenvalue weighted by Gasteiger charge is -2.16. The molecule has 7 nitrogen and oxygen atoms in total. The van der Waals surface area contributed by atoms with E-state index < -0.39 is 11.5 Å². The number of carbonyl (C=O) groups is 1. The Kier molecular flexibility index (Phi) is 5.36. The third kappa shape index (κ3) is 3.96. The third-order valence-corrected chi connectivity index (χ3v) is 5.47. The number of benzene rings is 3. The second-order valence-electron chi connectivity index (χ2n) is 7.63. The molecular formula is C26H21N3O4. The molecule has 33 heavy (non-hydrogen) atoms. The lowest BCUT2D eigenvalue weighted by atomic mass is 9.95. The van der Waals surface area contributed by atoms with Gasteiger partial charge in [0.1, 0.15) is 5.56 Å². The molecule has 0 radical (unpaired) electrons. The molecule has 0 spiro atoms. The molecule has 1 N–H and O–H groups in total. The van der Waals surface area contributed by atoms with Crippen LogP contribution < -0.4 is 20.3 Å². The Balaban J connectivity index is 1.58. The van der Waals surface area contributed by atoms with Crippen molar-refractivity contribution in [1.82, 2.24) is 15.1 Å². The summed E-state index contributed by atoms with van der Waals surface area (Å²) in [5.74, 6) is 0.844. The number of nitrogens with zero attached hydrogens (tertiary/aromatic N) is 2. The van der Waals surface area contributed by atoms with Crippen LogP contribution in [0.4, 0.5) is 0 Å². The van der Waals surface area contributed by atoms with Gasteiger partial charge in [-0.3, -0.25) is 9.59 Å². The first-order valence-electron chi connectivity index (χ1n) is 10.5. The number of fused-ring (bicyclic) bond motifs is 1. The van der Waals surface area contributed by atoms with Gasteiger partial charge in [-0.1, -0.05) is 66.7 Å². The number of hydrogen-bond donors (Lipinski definition) is 1. The summed E-state index contributed by atoms with van der Waals surface area (Å²) in [7, 11) is 1.55. The molecule has 1 aromatic heterocycles. The highest BCUT2D eigenvalue weighted by molar-refractivity contribution is 6.03. The fourth-order valence-corrected chi connectivity index (χ4v) is 3.85. The average molecular weight is 439 g/mol.